The fourth-order valence-corrected chi connectivity index (χ4v) is 3.56. The molecule has 1 saturated carbocycles. The summed E-state index contributed by atoms with van der Waals surface area (Å²) in [5, 5.41) is 12.2. The van der Waals surface area contributed by atoms with Gasteiger partial charge in [0.1, 0.15) is 6.04 Å². The van der Waals surface area contributed by atoms with Crippen molar-refractivity contribution in [1.29, 1.82) is 0 Å². The topological polar surface area (TPSA) is 69.6 Å². The average molecular weight is 268 g/mol. The van der Waals surface area contributed by atoms with Crippen molar-refractivity contribution in [1.82, 2.24) is 10.2 Å². The van der Waals surface area contributed by atoms with E-state index in [2.05, 4.69) is 5.32 Å². The Morgan fingerprint density at radius 3 is 2.63 bits per heavy atom. The number of nitrogens with one attached hydrogen (secondary N) is 1. The lowest BCUT2D eigenvalue weighted by molar-refractivity contribution is -0.143. The molecule has 5 nitrogen and oxygen atoms in total. The Bertz CT molecular complexity index is 357. The van der Waals surface area contributed by atoms with Crippen LogP contribution < -0.4 is 5.32 Å². The number of amides is 1. The minimum absolute atomic E-state index is 0.0625. The Labute approximate surface area is 114 Å². The first-order chi connectivity index (χ1) is 8.99. The van der Waals surface area contributed by atoms with Crippen molar-refractivity contribution in [2.75, 3.05) is 6.54 Å². The third-order valence-corrected chi connectivity index (χ3v) is 4.28. The highest BCUT2D eigenvalue weighted by atomic mass is 16.4. The maximum Gasteiger partial charge on any atom is 0.320 e. The predicted molar refractivity (Wildman–Crippen MR) is 71.8 cm³/mol. The number of carbonyl (C=O) groups excluding carboxylic acids is 1. The van der Waals surface area contributed by atoms with Crippen molar-refractivity contribution in [3.05, 3.63) is 0 Å². The van der Waals surface area contributed by atoms with E-state index in [4.69, 9.17) is 0 Å². The van der Waals surface area contributed by atoms with Crippen molar-refractivity contribution in [3.63, 3.8) is 0 Å². The van der Waals surface area contributed by atoms with Gasteiger partial charge in [-0.15, -0.1) is 0 Å². The summed E-state index contributed by atoms with van der Waals surface area (Å²) in [5.74, 6) is -0.388. The Balaban J connectivity index is 2.05. The van der Waals surface area contributed by atoms with Crippen LogP contribution in [0.2, 0.25) is 0 Å². The first kappa shape index (κ1) is 14.3. The van der Waals surface area contributed by atoms with Crippen molar-refractivity contribution in [2.24, 2.45) is 5.92 Å². The van der Waals surface area contributed by atoms with E-state index in [1.807, 2.05) is 18.7 Å². The molecule has 0 aromatic carbocycles. The molecule has 1 amide bonds. The number of nitrogens with zero attached hydrogens (tertiary/aromatic N) is 1. The van der Waals surface area contributed by atoms with E-state index in [1.54, 1.807) is 0 Å². The van der Waals surface area contributed by atoms with E-state index in [-0.39, 0.29) is 24.5 Å². The zero-order valence-electron chi connectivity index (χ0n) is 11.8. The summed E-state index contributed by atoms with van der Waals surface area (Å²) >= 11 is 0. The summed E-state index contributed by atoms with van der Waals surface area (Å²) in [6, 6.07) is -0.0979. The predicted octanol–water partition coefficient (Wildman–Crippen LogP) is 1.23. The molecule has 2 fully saturated rings. The Morgan fingerprint density at radius 2 is 2.00 bits per heavy atom. The summed E-state index contributed by atoms with van der Waals surface area (Å²) in [6.07, 6.45) is 5.18. The number of likely N-dealkylation sites (tertiary alicyclic amines) is 1. The molecule has 2 aliphatic rings. The fourth-order valence-electron chi connectivity index (χ4n) is 3.56. The van der Waals surface area contributed by atoms with Gasteiger partial charge >= 0.3 is 5.97 Å². The molecule has 108 valence electrons. The summed E-state index contributed by atoms with van der Waals surface area (Å²) in [6.45, 7) is 4.05. The summed E-state index contributed by atoms with van der Waals surface area (Å²) in [7, 11) is 0. The van der Waals surface area contributed by atoms with Crippen LogP contribution >= 0.6 is 0 Å². The van der Waals surface area contributed by atoms with Gasteiger partial charge in [0.05, 0.1) is 6.54 Å². The molecule has 0 aromatic rings. The first-order valence-electron chi connectivity index (χ1n) is 7.27. The number of hydrogen-bond acceptors (Lipinski definition) is 3. The molecule has 19 heavy (non-hydrogen) atoms. The van der Waals surface area contributed by atoms with E-state index < -0.39 is 12.0 Å². The molecule has 1 saturated heterocycles. The largest absolute Gasteiger partial charge is 0.480 e. The highest BCUT2D eigenvalue weighted by molar-refractivity contribution is 5.80. The Kier molecular flexibility index (Phi) is 4.45. The molecule has 0 bridgehead atoms. The second kappa shape index (κ2) is 5.90. The third-order valence-electron chi connectivity index (χ3n) is 4.28. The monoisotopic (exact) mass is 268 g/mol. The highest BCUT2D eigenvalue weighted by Gasteiger charge is 2.45. The van der Waals surface area contributed by atoms with Gasteiger partial charge in [0.25, 0.3) is 0 Å². The van der Waals surface area contributed by atoms with Crippen molar-refractivity contribution in [3.8, 4) is 0 Å². The molecule has 1 heterocycles. The smallest absolute Gasteiger partial charge is 0.320 e. The van der Waals surface area contributed by atoms with Gasteiger partial charge in [-0.3, -0.25) is 14.5 Å². The van der Waals surface area contributed by atoms with Crippen LogP contribution in [-0.2, 0) is 9.59 Å². The quantitative estimate of drug-likeness (QED) is 0.804. The van der Waals surface area contributed by atoms with Gasteiger partial charge in [0, 0.05) is 12.1 Å². The van der Waals surface area contributed by atoms with Gasteiger partial charge in [0.2, 0.25) is 5.91 Å². The molecule has 1 aliphatic heterocycles. The number of carboxylic acids is 1. The molecule has 0 radical (unpaired) electrons. The maximum absolute atomic E-state index is 11.9. The van der Waals surface area contributed by atoms with Crippen LogP contribution in [0.5, 0.6) is 0 Å². The minimum atomic E-state index is -0.785. The SMILES string of the molecule is CC(C)NC(=O)CN1[C@@H]2CCCC[C@@H]2C[C@H]1C(=O)O. The Hall–Kier alpha value is -1.10. The van der Waals surface area contributed by atoms with Crippen molar-refractivity contribution < 1.29 is 14.7 Å². The van der Waals surface area contributed by atoms with E-state index in [0.717, 1.165) is 19.3 Å². The molecule has 2 N–H and O–H groups in total. The average Bonchev–Trinajstić information content (AvgIpc) is 2.67. The number of rotatable bonds is 4. The second-order valence-electron chi connectivity index (χ2n) is 6.10. The third kappa shape index (κ3) is 3.26. The molecule has 5 heteroatoms. The molecule has 0 aromatic heterocycles. The molecule has 1 aliphatic carbocycles. The van der Waals surface area contributed by atoms with E-state index in [9.17, 15) is 14.7 Å². The van der Waals surface area contributed by atoms with Crippen LogP contribution in [0.15, 0.2) is 0 Å². The lowest BCUT2D eigenvalue weighted by Gasteiger charge is -2.32. The van der Waals surface area contributed by atoms with Crippen LogP contribution in [0.25, 0.3) is 0 Å². The number of aliphatic carboxylic acids is 1. The molecule has 0 spiro atoms. The van der Waals surface area contributed by atoms with Gasteiger partial charge in [-0.05, 0) is 39.0 Å². The molecular weight excluding hydrogens is 244 g/mol. The van der Waals surface area contributed by atoms with E-state index in [1.165, 1.54) is 6.42 Å². The lowest BCUT2D eigenvalue weighted by Crippen LogP contribution is -2.48. The zero-order valence-corrected chi connectivity index (χ0v) is 11.8. The molecule has 3 atom stereocenters. The van der Waals surface area contributed by atoms with Crippen LogP contribution in [0.3, 0.4) is 0 Å². The van der Waals surface area contributed by atoms with Crippen LogP contribution in [-0.4, -0.2) is 46.6 Å². The Morgan fingerprint density at radius 1 is 1.32 bits per heavy atom. The second-order valence-corrected chi connectivity index (χ2v) is 6.10. The summed E-state index contributed by atoms with van der Waals surface area (Å²) in [4.78, 5) is 25.2. The number of hydrogen-bond donors (Lipinski definition) is 2. The number of carboxylic acid groups (broad SMARTS) is 1. The number of carbonyl (C=O) groups is 2. The molecular formula is C14H24N2O3. The number of fused-ring (bicyclic) bond motifs is 1. The van der Waals surface area contributed by atoms with Crippen molar-refractivity contribution >= 4 is 11.9 Å². The van der Waals surface area contributed by atoms with Crippen molar-refractivity contribution in [2.45, 2.75) is 64.1 Å². The van der Waals surface area contributed by atoms with Gasteiger partial charge in [0.15, 0.2) is 0 Å². The van der Waals surface area contributed by atoms with Crippen LogP contribution in [0.1, 0.15) is 46.0 Å². The van der Waals surface area contributed by atoms with Crippen LogP contribution in [0, 0.1) is 5.92 Å². The van der Waals surface area contributed by atoms with Gasteiger partial charge < -0.3 is 10.4 Å². The highest BCUT2D eigenvalue weighted by Crippen LogP contribution is 2.39. The summed E-state index contributed by atoms with van der Waals surface area (Å²) < 4.78 is 0. The van der Waals surface area contributed by atoms with Gasteiger partial charge in [-0.25, -0.2) is 0 Å². The fraction of sp³-hybridized carbons (Fsp3) is 0.857. The lowest BCUT2D eigenvalue weighted by atomic mass is 9.85. The van der Waals surface area contributed by atoms with Gasteiger partial charge in [-0.2, -0.15) is 0 Å². The minimum Gasteiger partial charge on any atom is -0.480 e. The van der Waals surface area contributed by atoms with Gasteiger partial charge in [-0.1, -0.05) is 12.8 Å². The first-order valence-corrected chi connectivity index (χ1v) is 7.27. The van der Waals surface area contributed by atoms with E-state index in [0.29, 0.717) is 12.3 Å². The van der Waals surface area contributed by atoms with E-state index >= 15 is 0 Å². The standard InChI is InChI=1S/C14H24N2O3/c1-9(2)15-13(17)8-16-11-6-4-3-5-10(11)7-12(16)14(18)19/h9-12H,3-8H2,1-2H3,(H,15,17)(H,18,19)/t10-,11-,12+/m1/s1. The molecule has 0 unspecified atom stereocenters. The zero-order chi connectivity index (χ0) is 14.0. The van der Waals surface area contributed by atoms with Crippen LogP contribution in [0.4, 0.5) is 0 Å². The molecule has 2 rings (SSSR count). The maximum atomic E-state index is 11.9. The normalized spacial score (nSPS) is 31.2. The summed E-state index contributed by atoms with van der Waals surface area (Å²) in [5.41, 5.74) is 0.